The van der Waals surface area contributed by atoms with Crippen molar-refractivity contribution in [1.82, 2.24) is 4.98 Å². The van der Waals surface area contributed by atoms with E-state index in [2.05, 4.69) is 81.6 Å². The Morgan fingerprint density at radius 1 is 0.750 bits per heavy atom. The molecule has 0 fully saturated rings. The summed E-state index contributed by atoms with van der Waals surface area (Å²) in [5, 5.41) is 0.298. The number of nitrogens with zero attached hydrogens (tertiary/aromatic N) is 3. The molecule has 0 spiro atoms. The van der Waals surface area contributed by atoms with Gasteiger partial charge in [-0.1, -0.05) is 47.6 Å². The number of rotatable bonds is 8. The van der Waals surface area contributed by atoms with E-state index in [0.29, 0.717) is 36.4 Å². The molecule has 4 atom stereocenters. The van der Waals surface area contributed by atoms with Crippen LogP contribution in [0.2, 0.25) is 36.3 Å². The molecule has 0 aliphatic carbocycles. The quantitative estimate of drug-likeness (QED) is 0.372. The first-order valence-electron chi connectivity index (χ1n) is 13.2. The second kappa shape index (κ2) is 10.3. The number of hydrogen-bond donors (Lipinski definition) is 0. The highest BCUT2D eigenvalue weighted by Gasteiger charge is 2.42. The van der Waals surface area contributed by atoms with Crippen LogP contribution in [-0.4, -0.2) is 70.9 Å². The van der Waals surface area contributed by atoms with E-state index >= 15 is 0 Å². The Hall–Kier alpha value is -1.56. The Labute approximate surface area is 220 Å². The zero-order chi connectivity index (χ0) is 27.1. The van der Waals surface area contributed by atoms with Gasteiger partial charge in [0.15, 0.2) is 16.6 Å². The fraction of sp³-hybridized carbons (Fsp3) is 0.741. The van der Waals surface area contributed by atoms with E-state index in [0.717, 1.165) is 0 Å². The summed E-state index contributed by atoms with van der Waals surface area (Å²) >= 11 is 0. The lowest BCUT2D eigenvalue weighted by Gasteiger charge is -2.39. The molecule has 202 valence electrons. The van der Waals surface area contributed by atoms with Crippen LogP contribution in [0.3, 0.4) is 0 Å². The van der Waals surface area contributed by atoms with E-state index in [1.807, 2.05) is 18.2 Å². The third kappa shape index (κ3) is 6.46. The summed E-state index contributed by atoms with van der Waals surface area (Å²) in [6.07, 6.45) is -0.0329. The molecule has 1 aromatic rings. The smallest absolute Gasteiger partial charge is 0.235 e. The van der Waals surface area contributed by atoms with Crippen molar-refractivity contribution in [3.05, 3.63) is 29.6 Å². The predicted octanol–water partition coefficient (Wildman–Crippen LogP) is 6.19. The van der Waals surface area contributed by atoms with E-state index in [4.69, 9.17) is 33.3 Å². The van der Waals surface area contributed by atoms with Gasteiger partial charge in [-0.2, -0.15) is 0 Å². The van der Waals surface area contributed by atoms with Gasteiger partial charge in [-0.25, -0.2) is 15.0 Å². The Morgan fingerprint density at radius 2 is 1.11 bits per heavy atom. The van der Waals surface area contributed by atoms with Crippen LogP contribution in [0.5, 0.6) is 0 Å². The van der Waals surface area contributed by atoms with Crippen LogP contribution in [0.4, 0.5) is 0 Å². The van der Waals surface area contributed by atoms with E-state index in [-0.39, 0.29) is 34.4 Å². The number of aromatic nitrogens is 1. The Morgan fingerprint density at radius 3 is 1.44 bits per heavy atom. The van der Waals surface area contributed by atoms with Crippen molar-refractivity contribution in [2.45, 2.75) is 116 Å². The van der Waals surface area contributed by atoms with Gasteiger partial charge in [0.05, 0.1) is 12.2 Å². The Balaban J connectivity index is 1.71. The minimum atomic E-state index is -1.89. The first-order chi connectivity index (χ1) is 16.4. The van der Waals surface area contributed by atoms with E-state index in [1.54, 1.807) is 0 Å². The average molecular weight is 534 g/mol. The number of aliphatic imine (C=N–C) groups is 2. The number of pyridine rings is 1. The molecule has 2 aliphatic heterocycles. The van der Waals surface area contributed by atoms with Crippen molar-refractivity contribution in [2.24, 2.45) is 9.98 Å². The molecule has 7 nitrogen and oxygen atoms in total. The van der Waals surface area contributed by atoms with E-state index < -0.39 is 16.6 Å². The largest absolute Gasteiger partial charge is 0.474 e. The fourth-order valence-corrected chi connectivity index (χ4v) is 6.53. The molecule has 2 aliphatic rings. The van der Waals surface area contributed by atoms with Crippen LogP contribution in [0.15, 0.2) is 28.2 Å². The molecule has 3 heterocycles. The third-order valence-corrected chi connectivity index (χ3v) is 17.3. The highest BCUT2D eigenvalue weighted by atomic mass is 28.4. The lowest BCUT2D eigenvalue weighted by molar-refractivity contribution is 0.151. The van der Waals surface area contributed by atoms with Gasteiger partial charge in [-0.05, 0) is 62.2 Å². The molecule has 0 unspecified atom stereocenters. The van der Waals surface area contributed by atoms with Gasteiger partial charge in [-0.15, -0.1) is 0 Å². The summed E-state index contributed by atoms with van der Waals surface area (Å²) in [7, 11) is -3.77. The first-order valence-corrected chi connectivity index (χ1v) is 19.0. The maximum atomic E-state index is 6.55. The van der Waals surface area contributed by atoms with Gasteiger partial charge in [0.2, 0.25) is 11.8 Å². The molecule has 0 bridgehead atoms. The van der Waals surface area contributed by atoms with Gasteiger partial charge in [0, 0.05) is 0 Å². The van der Waals surface area contributed by atoms with Crippen molar-refractivity contribution in [3.8, 4) is 0 Å². The summed E-state index contributed by atoms with van der Waals surface area (Å²) in [4.78, 5) is 14.4. The topological polar surface area (TPSA) is 74.5 Å². The highest BCUT2D eigenvalue weighted by molar-refractivity contribution is 6.74. The summed E-state index contributed by atoms with van der Waals surface area (Å²) < 4.78 is 25.0. The molecule has 0 radical (unpaired) electrons. The van der Waals surface area contributed by atoms with Crippen LogP contribution in [-0.2, 0) is 18.3 Å². The standard InChI is InChI=1S/C27H47N3O4Si2/c1-18(33-35(9,10)26(3,4)5)22-16-31-24(29-22)20-14-13-15-21(28-20)25-30-23(17-32-25)19(2)34-36(11,12)27(6,7)8/h13-15,18-19,22-23H,16-17H2,1-12H3/t18-,19-,22-,23-/m1/s1. The molecular weight excluding hydrogens is 486 g/mol. The van der Waals surface area contributed by atoms with Crippen LogP contribution in [0, 0.1) is 0 Å². The van der Waals surface area contributed by atoms with E-state index in [9.17, 15) is 0 Å². The van der Waals surface area contributed by atoms with Gasteiger partial charge in [0.1, 0.15) is 36.7 Å². The van der Waals surface area contributed by atoms with Crippen molar-refractivity contribution < 1.29 is 18.3 Å². The zero-order valence-electron chi connectivity index (χ0n) is 24.4. The van der Waals surface area contributed by atoms with Crippen molar-refractivity contribution >= 4 is 28.4 Å². The van der Waals surface area contributed by atoms with Crippen LogP contribution >= 0.6 is 0 Å². The third-order valence-electron chi connectivity index (χ3n) is 8.19. The summed E-state index contributed by atoms with van der Waals surface area (Å²) in [6, 6.07) is 5.69. The Bertz CT molecular complexity index is 920. The molecule has 0 N–H and O–H groups in total. The second-order valence-electron chi connectivity index (χ2n) is 13.2. The minimum Gasteiger partial charge on any atom is -0.474 e. The lowest BCUT2D eigenvalue weighted by Crippen LogP contribution is -2.46. The molecule has 9 heteroatoms. The summed E-state index contributed by atoms with van der Waals surface area (Å²) in [5.74, 6) is 1.11. The summed E-state index contributed by atoms with van der Waals surface area (Å²) in [6.45, 7) is 27.8. The fourth-order valence-electron chi connectivity index (χ4n) is 3.65. The molecule has 36 heavy (non-hydrogen) atoms. The van der Waals surface area contributed by atoms with Crippen LogP contribution < -0.4 is 0 Å². The molecule has 0 aromatic carbocycles. The molecule has 3 rings (SSSR count). The molecule has 0 saturated carbocycles. The minimum absolute atomic E-state index is 0.0164. The number of hydrogen-bond acceptors (Lipinski definition) is 7. The maximum Gasteiger partial charge on any atom is 0.235 e. The monoisotopic (exact) mass is 533 g/mol. The maximum absolute atomic E-state index is 6.55. The second-order valence-corrected chi connectivity index (χ2v) is 22.7. The molecular formula is C27H47N3O4Si2. The van der Waals surface area contributed by atoms with Crippen LogP contribution in [0.1, 0.15) is 66.8 Å². The number of ether oxygens (including phenoxy) is 2. The van der Waals surface area contributed by atoms with Crippen LogP contribution in [0.25, 0.3) is 0 Å². The molecule has 0 amide bonds. The molecule has 0 saturated heterocycles. The average Bonchev–Trinajstić information content (AvgIpc) is 3.42. The van der Waals surface area contributed by atoms with Gasteiger partial charge in [0.25, 0.3) is 0 Å². The first kappa shape index (κ1) is 29.0. The predicted molar refractivity (Wildman–Crippen MR) is 152 cm³/mol. The van der Waals surface area contributed by atoms with E-state index in [1.165, 1.54) is 0 Å². The molecule has 1 aromatic heterocycles. The van der Waals surface area contributed by atoms with Gasteiger partial charge < -0.3 is 18.3 Å². The SMILES string of the molecule is C[C@@H](O[Si](C)(C)C(C)(C)C)[C@H]1COC(c2cccc(C3=N[C@@H]([C@@H](C)O[Si](C)(C)C(C)(C)C)CO3)n2)=N1. The summed E-state index contributed by atoms with van der Waals surface area (Å²) in [5.41, 5.74) is 1.38. The van der Waals surface area contributed by atoms with Gasteiger partial charge >= 0.3 is 0 Å². The van der Waals surface area contributed by atoms with Crippen molar-refractivity contribution in [2.75, 3.05) is 13.2 Å². The highest BCUT2D eigenvalue weighted by Crippen LogP contribution is 2.39. The van der Waals surface area contributed by atoms with Gasteiger partial charge in [-0.3, -0.25) is 0 Å². The lowest BCUT2D eigenvalue weighted by atomic mass is 10.2. The van der Waals surface area contributed by atoms with Crippen molar-refractivity contribution in [3.63, 3.8) is 0 Å². The zero-order valence-corrected chi connectivity index (χ0v) is 26.4. The van der Waals surface area contributed by atoms with Crippen molar-refractivity contribution in [1.29, 1.82) is 0 Å². The normalized spacial score (nSPS) is 23.0. The Kier molecular flexibility index (Phi) is 8.30.